The normalized spacial score (nSPS) is 15.7. The third-order valence-corrected chi connectivity index (χ3v) is 2.81. The first kappa shape index (κ1) is 10.5. The lowest BCUT2D eigenvalue weighted by Crippen LogP contribution is -2.07. The van der Waals surface area contributed by atoms with Crippen LogP contribution in [-0.2, 0) is 6.54 Å². The van der Waals surface area contributed by atoms with Gasteiger partial charge in [0.05, 0.1) is 6.10 Å². The Hall–Kier alpha value is -1.02. The van der Waals surface area contributed by atoms with Crippen LogP contribution in [0.3, 0.4) is 0 Å². The summed E-state index contributed by atoms with van der Waals surface area (Å²) < 4.78 is 5.86. The summed E-state index contributed by atoms with van der Waals surface area (Å²) in [5.74, 6) is 1.50. The average Bonchev–Trinajstić information content (AvgIpc) is 3.01. The van der Waals surface area contributed by atoms with E-state index >= 15 is 0 Å². The van der Waals surface area contributed by atoms with E-state index in [9.17, 15) is 0 Å². The SMILES string of the molecule is CC(C)c1cccc(OC2CC2)c1CN. The molecule has 0 aromatic heterocycles. The lowest BCUT2D eigenvalue weighted by atomic mass is 9.96. The highest BCUT2D eigenvalue weighted by Gasteiger charge is 2.25. The minimum Gasteiger partial charge on any atom is -0.490 e. The minimum absolute atomic E-state index is 0.442. The molecule has 2 N–H and O–H groups in total. The molecule has 0 amide bonds. The maximum Gasteiger partial charge on any atom is 0.124 e. The second-order valence-corrected chi connectivity index (χ2v) is 4.50. The molecular formula is C13H19NO. The van der Waals surface area contributed by atoms with Crippen molar-refractivity contribution in [2.24, 2.45) is 5.73 Å². The Kier molecular flexibility index (Phi) is 2.96. The molecule has 0 unspecified atom stereocenters. The highest BCUT2D eigenvalue weighted by atomic mass is 16.5. The Bertz CT molecular complexity index is 342. The van der Waals surface area contributed by atoms with E-state index in [0.29, 0.717) is 18.6 Å². The summed E-state index contributed by atoms with van der Waals surface area (Å²) in [6.45, 7) is 4.95. The fraction of sp³-hybridized carbons (Fsp3) is 0.538. The van der Waals surface area contributed by atoms with Crippen LogP contribution in [0.1, 0.15) is 43.7 Å². The van der Waals surface area contributed by atoms with Gasteiger partial charge >= 0.3 is 0 Å². The summed E-state index contributed by atoms with van der Waals surface area (Å²) in [5.41, 5.74) is 8.30. The van der Waals surface area contributed by atoms with E-state index in [0.717, 1.165) is 5.75 Å². The molecule has 1 aromatic carbocycles. The van der Waals surface area contributed by atoms with Crippen molar-refractivity contribution in [3.05, 3.63) is 29.3 Å². The van der Waals surface area contributed by atoms with Gasteiger partial charge in [-0.05, 0) is 30.4 Å². The molecule has 0 atom stereocenters. The van der Waals surface area contributed by atoms with E-state index in [2.05, 4.69) is 26.0 Å². The Balaban J connectivity index is 2.30. The average molecular weight is 205 g/mol. The third kappa shape index (κ3) is 2.32. The van der Waals surface area contributed by atoms with Crippen LogP contribution in [0, 0.1) is 0 Å². The molecule has 1 saturated carbocycles. The van der Waals surface area contributed by atoms with Crippen molar-refractivity contribution in [3.8, 4) is 5.75 Å². The molecule has 2 nitrogen and oxygen atoms in total. The zero-order valence-electron chi connectivity index (χ0n) is 9.49. The molecule has 82 valence electrons. The number of nitrogens with two attached hydrogens (primary N) is 1. The summed E-state index contributed by atoms with van der Waals surface area (Å²) in [6.07, 6.45) is 2.82. The van der Waals surface area contributed by atoms with Gasteiger partial charge in [-0.2, -0.15) is 0 Å². The molecule has 1 aliphatic carbocycles. The van der Waals surface area contributed by atoms with Crippen molar-refractivity contribution >= 4 is 0 Å². The Labute approximate surface area is 91.4 Å². The van der Waals surface area contributed by atoms with Crippen LogP contribution < -0.4 is 10.5 Å². The molecule has 1 aliphatic rings. The largest absolute Gasteiger partial charge is 0.490 e. The molecule has 0 aliphatic heterocycles. The van der Waals surface area contributed by atoms with Gasteiger partial charge in [0.15, 0.2) is 0 Å². The maximum atomic E-state index is 5.86. The van der Waals surface area contributed by atoms with Gasteiger partial charge in [0.2, 0.25) is 0 Å². The molecule has 0 heterocycles. The fourth-order valence-electron chi connectivity index (χ4n) is 1.82. The molecule has 1 aromatic rings. The minimum atomic E-state index is 0.442. The smallest absolute Gasteiger partial charge is 0.124 e. The second kappa shape index (κ2) is 4.23. The standard InChI is InChI=1S/C13H19NO/c1-9(2)11-4-3-5-13(12(11)8-14)15-10-6-7-10/h3-5,9-10H,6-8,14H2,1-2H3. The van der Waals surface area contributed by atoms with Gasteiger partial charge in [-0.15, -0.1) is 0 Å². The summed E-state index contributed by atoms with van der Waals surface area (Å²) in [5, 5.41) is 0. The number of rotatable bonds is 4. The number of hydrogen-bond donors (Lipinski definition) is 1. The number of hydrogen-bond acceptors (Lipinski definition) is 2. The highest BCUT2D eigenvalue weighted by molar-refractivity contribution is 5.42. The van der Waals surface area contributed by atoms with E-state index in [-0.39, 0.29) is 0 Å². The van der Waals surface area contributed by atoms with Gasteiger partial charge in [-0.3, -0.25) is 0 Å². The van der Waals surface area contributed by atoms with E-state index in [1.807, 2.05) is 6.07 Å². The van der Waals surface area contributed by atoms with E-state index in [4.69, 9.17) is 10.5 Å². The molecule has 2 heteroatoms. The molecular weight excluding hydrogens is 186 g/mol. The summed E-state index contributed by atoms with van der Waals surface area (Å²) in [6, 6.07) is 6.24. The summed E-state index contributed by atoms with van der Waals surface area (Å²) in [4.78, 5) is 0. The number of benzene rings is 1. The van der Waals surface area contributed by atoms with Crippen LogP contribution in [0.2, 0.25) is 0 Å². The van der Waals surface area contributed by atoms with Gasteiger partial charge in [0.25, 0.3) is 0 Å². The molecule has 0 saturated heterocycles. The van der Waals surface area contributed by atoms with Crippen molar-refractivity contribution in [1.29, 1.82) is 0 Å². The predicted octanol–water partition coefficient (Wildman–Crippen LogP) is 2.81. The quantitative estimate of drug-likeness (QED) is 0.820. The monoisotopic (exact) mass is 205 g/mol. The van der Waals surface area contributed by atoms with Crippen LogP contribution in [-0.4, -0.2) is 6.10 Å². The third-order valence-electron chi connectivity index (χ3n) is 2.81. The molecule has 0 radical (unpaired) electrons. The van der Waals surface area contributed by atoms with Crippen LogP contribution in [0.5, 0.6) is 5.75 Å². The fourth-order valence-corrected chi connectivity index (χ4v) is 1.82. The topological polar surface area (TPSA) is 35.2 Å². The first-order valence-corrected chi connectivity index (χ1v) is 5.71. The zero-order valence-corrected chi connectivity index (χ0v) is 9.49. The summed E-state index contributed by atoms with van der Waals surface area (Å²) in [7, 11) is 0. The van der Waals surface area contributed by atoms with Crippen LogP contribution in [0.25, 0.3) is 0 Å². The van der Waals surface area contributed by atoms with Crippen molar-refractivity contribution in [1.82, 2.24) is 0 Å². The second-order valence-electron chi connectivity index (χ2n) is 4.50. The Morgan fingerprint density at radius 3 is 2.67 bits per heavy atom. The molecule has 2 rings (SSSR count). The van der Waals surface area contributed by atoms with E-state index in [1.165, 1.54) is 24.0 Å². The zero-order chi connectivity index (χ0) is 10.8. The lowest BCUT2D eigenvalue weighted by Gasteiger charge is -2.16. The Morgan fingerprint density at radius 1 is 1.40 bits per heavy atom. The van der Waals surface area contributed by atoms with Crippen molar-refractivity contribution in [2.45, 2.75) is 45.3 Å². The van der Waals surface area contributed by atoms with Gasteiger partial charge in [0, 0.05) is 12.1 Å². The van der Waals surface area contributed by atoms with Crippen LogP contribution >= 0.6 is 0 Å². The van der Waals surface area contributed by atoms with Gasteiger partial charge in [0.1, 0.15) is 5.75 Å². The summed E-state index contributed by atoms with van der Waals surface area (Å²) >= 11 is 0. The predicted molar refractivity (Wildman–Crippen MR) is 62.1 cm³/mol. The van der Waals surface area contributed by atoms with Gasteiger partial charge in [-0.25, -0.2) is 0 Å². The van der Waals surface area contributed by atoms with Gasteiger partial charge < -0.3 is 10.5 Å². The lowest BCUT2D eigenvalue weighted by molar-refractivity contribution is 0.299. The van der Waals surface area contributed by atoms with Crippen molar-refractivity contribution in [2.75, 3.05) is 0 Å². The van der Waals surface area contributed by atoms with E-state index < -0.39 is 0 Å². The van der Waals surface area contributed by atoms with Gasteiger partial charge in [-0.1, -0.05) is 26.0 Å². The molecule has 1 fully saturated rings. The van der Waals surface area contributed by atoms with E-state index in [1.54, 1.807) is 0 Å². The molecule has 0 bridgehead atoms. The van der Waals surface area contributed by atoms with Crippen LogP contribution in [0.4, 0.5) is 0 Å². The first-order chi connectivity index (χ1) is 7.22. The highest BCUT2D eigenvalue weighted by Crippen LogP contribution is 2.32. The Morgan fingerprint density at radius 2 is 2.13 bits per heavy atom. The maximum absolute atomic E-state index is 5.86. The molecule has 15 heavy (non-hydrogen) atoms. The van der Waals surface area contributed by atoms with Crippen molar-refractivity contribution < 1.29 is 4.74 Å². The van der Waals surface area contributed by atoms with Crippen molar-refractivity contribution in [3.63, 3.8) is 0 Å². The first-order valence-electron chi connectivity index (χ1n) is 5.71. The number of ether oxygens (including phenoxy) is 1. The van der Waals surface area contributed by atoms with Crippen LogP contribution in [0.15, 0.2) is 18.2 Å². The molecule has 0 spiro atoms.